The summed E-state index contributed by atoms with van der Waals surface area (Å²) in [6, 6.07) is 5.02. The highest BCUT2D eigenvalue weighted by molar-refractivity contribution is 7.89. The Hall–Kier alpha value is -1.11. The van der Waals surface area contributed by atoms with Crippen LogP contribution in [0, 0.1) is 0 Å². The van der Waals surface area contributed by atoms with E-state index in [0.29, 0.717) is 12.3 Å². The van der Waals surface area contributed by atoms with Gasteiger partial charge in [0.1, 0.15) is 10.6 Å². The summed E-state index contributed by atoms with van der Waals surface area (Å²) < 4.78 is 33.5. The number of hydrogen-bond donors (Lipinski definition) is 2. The Morgan fingerprint density at radius 2 is 1.95 bits per heavy atom. The van der Waals surface area contributed by atoms with Crippen molar-refractivity contribution in [3.05, 3.63) is 23.8 Å². The molecule has 1 fully saturated rings. The molecule has 1 aromatic carbocycles. The van der Waals surface area contributed by atoms with Crippen molar-refractivity contribution in [1.82, 2.24) is 4.72 Å². The highest BCUT2D eigenvalue weighted by Gasteiger charge is 2.33. The third-order valence-corrected chi connectivity index (χ3v) is 5.75. The van der Waals surface area contributed by atoms with Crippen molar-refractivity contribution in [2.45, 2.75) is 56.0 Å². The molecule has 0 bridgehead atoms. The van der Waals surface area contributed by atoms with Crippen molar-refractivity contribution in [2.24, 2.45) is 5.73 Å². The molecule has 0 atom stereocenters. The zero-order valence-electron chi connectivity index (χ0n) is 12.7. The molecule has 0 spiro atoms. The Labute approximate surface area is 126 Å². The van der Waals surface area contributed by atoms with Gasteiger partial charge >= 0.3 is 0 Å². The molecule has 1 saturated carbocycles. The molecule has 6 heteroatoms. The van der Waals surface area contributed by atoms with E-state index in [4.69, 9.17) is 10.5 Å². The first-order valence-electron chi connectivity index (χ1n) is 7.31. The predicted molar refractivity (Wildman–Crippen MR) is 82.7 cm³/mol. The lowest BCUT2D eigenvalue weighted by molar-refractivity contribution is 0.293. The van der Waals surface area contributed by atoms with Crippen molar-refractivity contribution < 1.29 is 13.2 Å². The van der Waals surface area contributed by atoms with E-state index >= 15 is 0 Å². The monoisotopic (exact) mass is 312 g/mol. The summed E-state index contributed by atoms with van der Waals surface area (Å²) in [6.45, 7) is 2.27. The molecular formula is C15H24N2O3S. The van der Waals surface area contributed by atoms with E-state index in [0.717, 1.165) is 31.2 Å². The Balaban J connectivity index is 2.34. The van der Waals surface area contributed by atoms with E-state index < -0.39 is 10.0 Å². The summed E-state index contributed by atoms with van der Waals surface area (Å²) in [5.74, 6) is 0.346. The molecule has 2 rings (SSSR count). The second-order valence-electron chi connectivity index (χ2n) is 5.92. The van der Waals surface area contributed by atoms with Crippen LogP contribution in [0.1, 0.15) is 44.6 Å². The van der Waals surface area contributed by atoms with E-state index in [1.54, 1.807) is 18.2 Å². The first kappa shape index (κ1) is 16.3. The quantitative estimate of drug-likeness (QED) is 0.873. The zero-order chi connectivity index (χ0) is 15.5. The van der Waals surface area contributed by atoms with Gasteiger partial charge in [-0.3, -0.25) is 0 Å². The van der Waals surface area contributed by atoms with Crippen molar-refractivity contribution in [2.75, 3.05) is 7.11 Å². The summed E-state index contributed by atoms with van der Waals surface area (Å²) in [5, 5.41) is 0. The number of nitrogens with one attached hydrogen (secondary N) is 1. The maximum Gasteiger partial charge on any atom is 0.244 e. The number of nitrogens with two attached hydrogens (primary N) is 1. The first-order chi connectivity index (χ1) is 9.90. The average molecular weight is 312 g/mol. The summed E-state index contributed by atoms with van der Waals surface area (Å²) in [6.07, 6.45) is 5.01. The van der Waals surface area contributed by atoms with E-state index in [2.05, 4.69) is 4.72 Å². The molecule has 0 aliphatic heterocycles. The van der Waals surface area contributed by atoms with E-state index in [-0.39, 0.29) is 10.4 Å². The van der Waals surface area contributed by atoms with Gasteiger partial charge in [0.25, 0.3) is 0 Å². The molecule has 0 heterocycles. The van der Waals surface area contributed by atoms with Gasteiger partial charge < -0.3 is 10.5 Å². The minimum atomic E-state index is -3.62. The van der Waals surface area contributed by atoms with Gasteiger partial charge in [0, 0.05) is 12.1 Å². The smallest absolute Gasteiger partial charge is 0.244 e. The minimum Gasteiger partial charge on any atom is -0.495 e. The molecule has 1 aromatic rings. The molecule has 118 valence electrons. The van der Waals surface area contributed by atoms with Crippen LogP contribution in [-0.4, -0.2) is 21.1 Å². The van der Waals surface area contributed by atoms with Gasteiger partial charge in [-0.05, 0) is 37.5 Å². The second-order valence-corrected chi connectivity index (χ2v) is 7.57. The molecule has 0 aromatic heterocycles. The molecule has 21 heavy (non-hydrogen) atoms. The fraction of sp³-hybridized carbons (Fsp3) is 0.600. The fourth-order valence-electron chi connectivity index (χ4n) is 2.87. The van der Waals surface area contributed by atoms with Gasteiger partial charge in [0.05, 0.1) is 7.11 Å². The fourth-order valence-corrected chi connectivity index (χ4v) is 4.56. The van der Waals surface area contributed by atoms with Crippen LogP contribution >= 0.6 is 0 Å². The number of benzene rings is 1. The number of hydrogen-bond acceptors (Lipinski definition) is 4. The van der Waals surface area contributed by atoms with E-state index in [1.807, 2.05) is 6.92 Å². The van der Waals surface area contributed by atoms with E-state index in [9.17, 15) is 8.42 Å². The minimum absolute atomic E-state index is 0.166. The summed E-state index contributed by atoms with van der Waals surface area (Å²) in [5.41, 5.74) is 6.00. The van der Waals surface area contributed by atoms with Gasteiger partial charge in [0.2, 0.25) is 10.0 Å². The largest absolute Gasteiger partial charge is 0.495 e. The van der Waals surface area contributed by atoms with Gasteiger partial charge in [-0.1, -0.05) is 25.3 Å². The zero-order valence-corrected chi connectivity index (χ0v) is 13.5. The van der Waals surface area contributed by atoms with Crippen LogP contribution in [-0.2, 0) is 16.6 Å². The van der Waals surface area contributed by atoms with Gasteiger partial charge in [0.15, 0.2) is 0 Å². The molecule has 1 aliphatic rings. The number of methoxy groups -OCH3 is 1. The maximum absolute atomic E-state index is 12.7. The summed E-state index contributed by atoms with van der Waals surface area (Å²) in [4.78, 5) is 0.166. The topological polar surface area (TPSA) is 81.4 Å². The SMILES string of the molecule is COc1ccc(CN)cc1S(=O)(=O)NC1(C)CCCCC1. The second kappa shape index (κ2) is 6.34. The molecule has 1 aliphatic carbocycles. The van der Waals surface area contributed by atoms with Crippen LogP contribution in [0.2, 0.25) is 0 Å². The third-order valence-electron chi connectivity index (χ3n) is 4.09. The highest BCUT2D eigenvalue weighted by Crippen LogP contribution is 2.31. The molecule has 0 unspecified atom stereocenters. The van der Waals surface area contributed by atoms with E-state index in [1.165, 1.54) is 13.5 Å². The number of rotatable bonds is 5. The standard InChI is InChI=1S/C15H24N2O3S/c1-15(8-4-3-5-9-15)17-21(18,19)14-10-12(11-16)6-7-13(14)20-2/h6-7,10,17H,3-5,8-9,11,16H2,1-2H3. The Morgan fingerprint density at radius 3 is 2.52 bits per heavy atom. The average Bonchev–Trinajstić information content (AvgIpc) is 2.46. The van der Waals surface area contributed by atoms with Crippen LogP contribution < -0.4 is 15.2 Å². The normalized spacial score (nSPS) is 18.4. The Bertz CT molecular complexity index is 593. The number of sulfonamides is 1. The lowest BCUT2D eigenvalue weighted by Crippen LogP contribution is -2.47. The molecule has 5 nitrogen and oxygen atoms in total. The van der Waals surface area contributed by atoms with Crippen LogP contribution in [0.25, 0.3) is 0 Å². The van der Waals surface area contributed by atoms with Crippen molar-refractivity contribution in [3.8, 4) is 5.75 Å². The first-order valence-corrected chi connectivity index (χ1v) is 8.79. The van der Waals surface area contributed by atoms with Crippen molar-refractivity contribution in [3.63, 3.8) is 0 Å². The van der Waals surface area contributed by atoms with Crippen LogP contribution in [0.15, 0.2) is 23.1 Å². The number of ether oxygens (including phenoxy) is 1. The summed E-state index contributed by atoms with van der Waals surface area (Å²) >= 11 is 0. The molecule has 0 amide bonds. The lowest BCUT2D eigenvalue weighted by atomic mass is 9.84. The van der Waals surface area contributed by atoms with Gasteiger partial charge in [-0.2, -0.15) is 0 Å². The maximum atomic E-state index is 12.7. The van der Waals surface area contributed by atoms with Crippen LogP contribution in [0.4, 0.5) is 0 Å². The predicted octanol–water partition coefficient (Wildman–Crippen LogP) is 2.16. The Morgan fingerprint density at radius 1 is 1.29 bits per heavy atom. The molecular weight excluding hydrogens is 288 g/mol. The highest BCUT2D eigenvalue weighted by atomic mass is 32.2. The van der Waals surface area contributed by atoms with Crippen LogP contribution in [0.3, 0.4) is 0 Å². The Kier molecular flexibility index (Phi) is 4.91. The third kappa shape index (κ3) is 3.75. The van der Waals surface area contributed by atoms with Crippen LogP contribution in [0.5, 0.6) is 5.75 Å². The molecule has 3 N–H and O–H groups in total. The van der Waals surface area contributed by atoms with Crippen molar-refractivity contribution >= 4 is 10.0 Å². The molecule has 0 radical (unpaired) electrons. The van der Waals surface area contributed by atoms with Crippen molar-refractivity contribution in [1.29, 1.82) is 0 Å². The van der Waals surface area contributed by atoms with Gasteiger partial charge in [-0.25, -0.2) is 13.1 Å². The molecule has 0 saturated heterocycles. The lowest BCUT2D eigenvalue weighted by Gasteiger charge is -2.34. The summed E-state index contributed by atoms with van der Waals surface area (Å²) in [7, 11) is -2.15. The van der Waals surface area contributed by atoms with Gasteiger partial charge in [-0.15, -0.1) is 0 Å².